The van der Waals surface area contributed by atoms with Crippen molar-refractivity contribution < 1.29 is 19.0 Å². The Morgan fingerprint density at radius 2 is 2.09 bits per heavy atom. The molecular formula is C16H16ClFN2O3. The Hall–Kier alpha value is -2.31. The van der Waals surface area contributed by atoms with Crippen LogP contribution in [0.25, 0.3) is 0 Å². The van der Waals surface area contributed by atoms with Gasteiger partial charge in [-0.2, -0.15) is 0 Å². The molecule has 0 aliphatic heterocycles. The Morgan fingerprint density at radius 1 is 1.35 bits per heavy atom. The highest BCUT2D eigenvalue weighted by Gasteiger charge is 2.13. The van der Waals surface area contributed by atoms with Crippen LogP contribution in [0.15, 0.2) is 42.5 Å². The molecule has 3 N–H and O–H groups in total. The molecule has 5 nitrogen and oxygen atoms in total. The summed E-state index contributed by atoms with van der Waals surface area (Å²) in [7, 11) is 1.49. The molecule has 1 unspecified atom stereocenters. The van der Waals surface area contributed by atoms with Gasteiger partial charge in [-0.1, -0.05) is 29.8 Å². The van der Waals surface area contributed by atoms with Gasteiger partial charge in [-0.15, -0.1) is 0 Å². The minimum Gasteiger partial charge on any atom is -0.495 e. The highest BCUT2D eigenvalue weighted by atomic mass is 35.5. The second-order valence-electron chi connectivity index (χ2n) is 4.72. The third kappa shape index (κ3) is 4.58. The third-order valence-electron chi connectivity index (χ3n) is 3.13. The predicted octanol–water partition coefficient (Wildman–Crippen LogP) is 3.34. The number of amides is 2. The lowest BCUT2D eigenvalue weighted by Gasteiger charge is -2.14. The molecular weight excluding hydrogens is 323 g/mol. The summed E-state index contributed by atoms with van der Waals surface area (Å²) >= 11 is 5.96. The number of aliphatic hydroxyl groups is 1. The second-order valence-corrected chi connectivity index (χ2v) is 5.13. The monoisotopic (exact) mass is 338 g/mol. The van der Waals surface area contributed by atoms with Gasteiger partial charge in [0, 0.05) is 17.8 Å². The van der Waals surface area contributed by atoms with E-state index >= 15 is 0 Å². The standard InChI is InChI=1S/C16H16ClFN2O3/c1-23-15-7-6-10(8-12(15)17)20-16(22)19-9-14(21)11-4-2-3-5-13(11)18/h2-8,14,21H,9H2,1H3,(H2,19,20,22). The molecule has 0 aliphatic rings. The van der Waals surface area contributed by atoms with E-state index in [1.54, 1.807) is 18.2 Å². The number of ether oxygens (including phenoxy) is 1. The zero-order valence-corrected chi connectivity index (χ0v) is 13.1. The van der Waals surface area contributed by atoms with Gasteiger partial charge in [0.15, 0.2) is 0 Å². The summed E-state index contributed by atoms with van der Waals surface area (Å²) in [6, 6.07) is 10.1. The highest BCUT2D eigenvalue weighted by molar-refractivity contribution is 6.32. The molecule has 0 fully saturated rings. The number of anilines is 1. The summed E-state index contributed by atoms with van der Waals surface area (Å²) < 4.78 is 18.5. The topological polar surface area (TPSA) is 70.6 Å². The van der Waals surface area contributed by atoms with E-state index in [1.165, 1.54) is 31.4 Å². The van der Waals surface area contributed by atoms with E-state index in [4.69, 9.17) is 16.3 Å². The van der Waals surface area contributed by atoms with Gasteiger partial charge in [0.25, 0.3) is 0 Å². The number of nitrogens with one attached hydrogen (secondary N) is 2. The zero-order valence-electron chi connectivity index (χ0n) is 12.3. The second kappa shape index (κ2) is 7.80. The molecule has 0 bridgehead atoms. The molecule has 2 amide bonds. The van der Waals surface area contributed by atoms with Gasteiger partial charge in [-0.05, 0) is 24.3 Å². The fourth-order valence-electron chi connectivity index (χ4n) is 1.96. The number of halogens is 2. The molecule has 0 radical (unpaired) electrons. The molecule has 2 aromatic rings. The first-order valence-electron chi connectivity index (χ1n) is 6.82. The first-order chi connectivity index (χ1) is 11.0. The number of carbonyl (C=O) groups is 1. The molecule has 0 saturated heterocycles. The number of aliphatic hydroxyl groups excluding tert-OH is 1. The van der Waals surface area contributed by atoms with E-state index < -0.39 is 18.0 Å². The molecule has 2 aromatic carbocycles. The Bertz CT molecular complexity index is 697. The number of hydrogen-bond donors (Lipinski definition) is 3. The Balaban J connectivity index is 1.90. The maximum atomic E-state index is 13.5. The number of urea groups is 1. The third-order valence-corrected chi connectivity index (χ3v) is 3.43. The molecule has 0 spiro atoms. The average Bonchev–Trinajstić information content (AvgIpc) is 2.53. The molecule has 0 saturated carbocycles. The lowest BCUT2D eigenvalue weighted by atomic mass is 10.1. The summed E-state index contributed by atoms with van der Waals surface area (Å²) in [6.45, 7) is -0.128. The molecule has 2 rings (SSSR count). The van der Waals surface area contributed by atoms with Gasteiger partial charge < -0.3 is 20.5 Å². The Labute approximate surface area is 138 Å². The summed E-state index contributed by atoms with van der Waals surface area (Å²) in [4.78, 5) is 11.8. The first kappa shape index (κ1) is 17.1. The fraction of sp³-hybridized carbons (Fsp3) is 0.188. The molecule has 122 valence electrons. The Kier molecular flexibility index (Phi) is 5.78. The van der Waals surface area contributed by atoms with Gasteiger partial charge in [-0.3, -0.25) is 0 Å². The van der Waals surface area contributed by atoms with Gasteiger partial charge in [0.05, 0.1) is 18.2 Å². The molecule has 1 atom stereocenters. The zero-order chi connectivity index (χ0) is 16.8. The van der Waals surface area contributed by atoms with Gasteiger partial charge in [-0.25, -0.2) is 9.18 Å². The predicted molar refractivity (Wildman–Crippen MR) is 86.4 cm³/mol. The van der Waals surface area contributed by atoms with Crippen LogP contribution in [0.5, 0.6) is 5.75 Å². The number of rotatable bonds is 5. The maximum Gasteiger partial charge on any atom is 0.319 e. The number of benzene rings is 2. The van der Waals surface area contributed by atoms with E-state index in [-0.39, 0.29) is 12.1 Å². The molecule has 7 heteroatoms. The van der Waals surface area contributed by atoms with Crippen LogP contribution >= 0.6 is 11.6 Å². The normalized spacial score (nSPS) is 11.7. The lowest BCUT2D eigenvalue weighted by Crippen LogP contribution is -2.32. The highest BCUT2D eigenvalue weighted by Crippen LogP contribution is 2.27. The number of hydrogen-bond acceptors (Lipinski definition) is 3. The maximum absolute atomic E-state index is 13.5. The smallest absolute Gasteiger partial charge is 0.319 e. The summed E-state index contributed by atoms with van der Waals surface area (Å²) in [5.41, 5.74) is 0.592. The van der Waals surface area contributed by atoms with Crippen molar-refractivity contribution in [2.24, 2.45) is 0 Å². The van der Waals surface area contributed by atoms with Crippen LogP contribution in [0, 0.1) is 5.82 Å². The van der Waals surface area contributed by atoms with Gasteiger partial charge in [0.1, 0.15) is 11.6 Å². The van der Waals surface area contributed by atoms with Crippen LogP contribution in [0.2, 0.25) is 5.02 Å². The SMILES string of the molecule is COc1ccc(NC(=O)NCC(O)c2ccccc2F)cc1Cl. The van der Waals surface area contributed by atoms with Crippen molar-refractivity contribution in [3.05, 3.63) is 58.9 Å². The van der Waals surface area contributed by atoms with E-state index in [1.807, 2.05) is 0 Å². The minimum absolute atomic E-state index is 0.125. The van der Waals surface area contributed by atoms with Crippen molar-refractivity contribution in [2.45, 2.75) is 6.10 Å². The van der Waals surface area contributed by atoms with Crippen LogP contribution in [0.1, 0.15) is 11.7 Å². The fourth-order valence-corrected chi connectivity index (χ4v) is 2.22. The van der Waals surface area contributed by atoms with Crippen molar-refractivity contribution in [3.8, 4) is 5.75 Å². The van der Waals surface area contributed by atoms with E-state index in [2.05, 4.69) is 10.6 Å². The van der Waals surface area contributed by atoms with Crippen molar-refractivity contribution in [3.63, 3.8) is 0 Å². The van der Waals surface area contributed by atoms with Gasteiger partial charge >= 0.3 is 6.03 Å². The van der Waals surface area contributed by atoms with E-state index in [0.717, 1.165) is 0 Å². The summed E-state index contributed by atoms with van der Waals surface area (Å²) in [6.07, 6.45) is -1.14. The van der Waals surface area contributed by atoms with Crippen molar-refractivity contribution in [1.82, 2.24) is 5.32 Å². The van der Waals surface area contributed by atoms with Crippen molar-refractivity contribution in [1.29, 1.82) is 0 Å². The van der Waals surface area contributed by atoms with Crippen molar-refractivity contribution >= 4 is 23.3 Å². The Morgan fingerprint density at radius 3 is 2.74 bits per heavy atom. The summed E-state index contributed by atoms with van der Waals surface area (Å²) in [5, 5.41) is 15.3. The van der Waals surface area contributed by atoms with E-state index in [0.29, 0.717) is 16.5 Å². The lowest BCUT2D eigenvalue weighted by molar-refractivity contribution is 0.170. The van der Waals surface area contributed by atoms with Gasteiger partial charge in [0.2, 0.25) is 0 Å². The first-order valence-corrected chi connectivity index (χ1v) is 7.20. The molecule has 0 aliphatic carbocycles. The van der Waals surface area contributed by atoms with E-state index in [9.17, 15) is 14.3 Å². The quantitative estimate of drug-likeness (QED) is 0.783. The molecule has 23 heavy (non-hydrogen) atoms. The van der Waals surface area contributed by atoms with Crippen LogP contribution < -0.4 is 15.4 Å². The van der Waals surface area contributed by atoms with Crippen molar-refractivity contribution in [2.75, 3.05) is 19.0 Å². The van der Waals surface area contributed by atoms with Crippen LogP contribution in [0.3, 0.4) is 0 Å². The minimum atomic E-state index is -1.14. The van der Waals surface area contributed by atoms with Crippen LogP contribution in [0.4, 0.5) is 14.9 Å². The number of methoxy groups -OCH3 is 1. The molecule has 0 heterocycles. The number of carbonyl (C=O) groups excluding carboxylic acids is 1. The molecule has 0 aromatic heterocycles. The average molecular weight is 339 g/mol. The van der Waals surface area contributed by atoms with Crippen LogP contribution in [-0.4, -0.2) is 24.8 Å². The van der Waals surface area contributed by atoms with Crippen LogP contribution in [-0.2, 0) is 0 Å². The summed E-state index contributed by atoms with van der Waals surface area (Å²) in [5.74, 6) is -0.0308. The largest absolute Gasteiger partial charge is 0.495 e.